The van der Waals surface area contributed by atoms with Crippen molar-refractivity contribution in [2.45, 2.75) is 55.8 Å². The third kappa shape index (κ3) is 5.78. The Hall–Kier alpha value is -0.940. The van der Waals surface area contributed by atoms with E-state index < -0.39 is 31.1 Å². The van der Waals surface area contributed by atoms with E-state index in [1.165, 1.54) is 19.9 Å². The van der Waals surface area contributed by atoms with Crippen molar-refractivity contribution in [3.63, 3.8) is 0 Å². The van der Waals surface area contributed by atoms with Crippen molar-refractivity contribution in [1.29, 1.82) is 0 Å². The molecule has 0 aliphatic carbocycles. The van der Waals surface area contributed by atoms with Gasteiger partial charge in [0.15, 0.2) is 0 Å². The topological polar surface area (TPSA) is 104 Å². The molecule has 0 radical (unpaired) electrons. The van der Waals surface area contributed by atoms with E-state index in [0.717, 1.165) is 12.1 Å². The number of piperidine rings is 1. The Labute approximate surface area is 160 Å². The molecule has 1 fully saturated rings. The van der Waals surface area contributed by atoms with Gasteiger partial charge in [-0.15, -0.1) is 12.4 Å². The van der Waals surface area contributed by atoms with Crippen molar-refractivity contribution in [3.05, 3.63) is 24.0 Å². The summed E-state index contributed by atoms with van der Waals surface area (Å²) in [6.45, 7) is 5.60. The Morgan fingerprint density at radius 1 is 1.23 bits per heavy atom. The lowest BCUT2D eigenvalue weighted by Crippen LogP contribution is -2.46. The Morgan fingerprint density at radius 2 is 1.88 bits per heavy atom. The highest BCUT2D eigenvalue weighted by Crippen LogP contribution is 2.22. The normalized spacial score (nSPS) is 21.3. The first kappa shape index (κ1) is 23.1. The lowest BCUT2D eigenvalue weighted by Gasteiger charge is -2.28. The van der Waals surface area contributed by atoms with E-state index in [4.69, 9.17) is 0 Å². The first-order chi connectivity index (χ1) is 11.5. The second-order valence-corrected chi connectivity index (χ2v) is 10.5. The van der Waals surface area contributed by atoms with E-state index in [2.05, 4.69) is 14.8 Å². The Kier molecular flexibility index (Phi) is 7.85. The molecule has 0 amide bonds. The molecule has 2 unspecified atom stereocenters. The van der Waals surface area contributed by atoms with Gasteiger partial charge in [-0.1, -0.05) is 0 Å². The molecule has 1 aliphatic heterocycles. The van der Waals surface area contributed by atoms with Gasteiger partial charge < -0.3 is 5.32 Å². The molecule has 0 bridgehead atoms. The van der Waals surface area contributed by atoms with E-state index in [1.807, 2.05) is 6.92 Å². The zero-order valence-corrected chi connectivity index (χ0v) is 17.3. The van der Waals surface area contributed by atoms with Crippen molar-refractivity contribution < 1.29 is 21.2 Å². The molecule has 1 aromatic carbocycles. The maximum absolute atomic E-state index is 14.2. The SMILES string of the molecule is CC1CC(NS(=O)(=O)c2ccc(NS(=O)(=O)C(C)C)c(F)c2)CCN1.Cl. The lowest BCUT2D eigenvalue weighted by atomic mass is 10.0. The molecule has 1 aliphatic rings. The molecule has 0 saturated carbocycles. The van der Waals surface area contributed by atoms with E-state index in [9.17, 15) is 21.2 Å². The summed E-state index contributed by atoms with van der Waals surface area (Å²) in [6, 6.07) is 3.11. The first-order valence-corrected chi connectivity index (χ1v) is 11.1. The van der Waals surface area contributed by atoms with Crippen molar-refractivity contribution >= 4 is 38.1 Å². The Morgan fingerprint density at radius 3 is 2.42 bits per heavy atom. The number of hydrogen-bond acceptors (Lipinski definition) is 5. The largest absolute Gasteiger partial charge is 0.314 e. The van der Waals surface area contributed by atoms with Crippen LogP contribution >= 0.6 is 12.4 Å². The van der Waals surface area contributed by atoms with Crippen LogP contribution in [-0.2, 0) is 20.0 Å². The van der Waals surface area contributed by atoms with Crippen LogP contribution in [0.1, 0.15) is 33.6 Å². The third-order valence-corrected chi connectivity index (χ3v) is 7.33. The highest BCUT2D eigenvalue weighted by molar-refractivity contribution is 7.93. The number of sulfonamides is 2. The van der Waals surface area contributed by atoms with Gasteiger partial charge in [-0.25, -0.2) is 25.9 Å². The molecule has 3 N–H and O–H groups in total. The van der Waals surface area contributed by atoms with Crippen LogP contribution in [0.4, 0.5) is 10.1 Å². The quantitative estimate of drug-likeness (QED) is 0.639. The number of rotatable bonds is 6. The smallest absolute Gasteiger partial charge is 0.240 e. The standard InChI is InChI=1S/C15H24FN3O4S2.ClH/c1-10(2)24(20,21)19-15-5-4-13(9-14(15)16)25(22,23)18-12-6-7-17-11(3)8-12;/h4-5,9-12,17-19H,6-8H2,1-3H3;1H. The fraction of sp³-hybridized carbons (Fsp3) is 0.600. The molecule has 1 saturated heterocycles. The summed E-state index contributed by atoms with van der Waals surface area (Å²) in [5.41, 5.74) is -0.275. The number of nitrogens with one attached hydrogen (secondary N) is 3. The molecular formula is C15H25ClFN3O4S2. The maximum Gasteiger partial charge on any atom is 0.240 e. The first-order valence-electron chi connectivity index (χ1n) is 8.08. The average Bonchev–Trinajstić information content (AvgIpc) is 2.48. The van der Waals surface area contributed by atoms with Crippen LogP contribution in [0.25, 0.3) is 0 Å². The van der Waals surface area contributed by atoms with Crippen molar-refractivity contribution in [2.75, 3.05) is 11.3 Å². The molecule has 1 aromatic rings. The van der Waals surface area contributed by atoms with Gasteiger partial charge in [0, 0.05) is 12.1 Å². The summed E-state index contributed by atoms with van der Waals surface area (Å²) < 4.78 is 67.4. The molecule has 2 rings (SSSR count). The molecule has 7 nitrogen and oxygen atoms in total. The van der Waals surface area contributed by atoms with Crippen LogP contribution in [0.5, 0.6) is 0 Å². The van der Waals surface area contributed by atoms with E-state index >= 15 is 0 Å². The fourth-order valence-electron chi connectivity index (χ4n) is 2.54. The molecule has 150 valence electrons. The molecule has 1 heterocycles. The van der Waals surface area contributed by atoms with Crippen LogP contribution in [0, 0.1) is 5.82 Å². The van der Waals surface area contributed by atoms with Crippen molar-refractivity contribution in [3.8, 4) is 0 Å². The van der Waals surface area contributed by atoms with E-state index in [0.29, 0.717) is 19.4 Å². The monoisotopic (exact) mass is 429 g/mol. The summed E-state index contributed by atoms with van der Waals surface area (Å²) in [5.74, 6) is -0.939. The third-order valence-electron chi connectivity index (χ3n) is 4.07. The van der Waals surface area contributed by atoms with Crippen LogP contribution in [0.3, 0.4) is 0 Å². The van der Waals surface area contributed by atoms with Gasteiger partial charge in [0.2, 0.25) is 20.0 Å². The Bertz CT molecular complexity index is 831. The van der Waals surface area contributed by atoms with Gasteiger partial charge in [-0.2, -0.15) is 0 Å². The minimum atomic E-state index is -3.88. The summed E-state index contributed by atoms with van der Waals surface area (Å²) in [6.07, 6.45) is 1.30. The summed E-state index contributed by atoms with van der Waals surface area (Å²) in [7, 11) is -7.59. The predicted octanol–water partition coefficient (Wildman–Crippen LogP) is 1.82. The van der Waals surface area contributed by atoms with E-state index in [-0.39, 0.29) is 35.1 Å². The number of hydrogen-bond donors (Lipinski definition) is 3. The van der Waals surface area contributed by atoms with Crippen molar-refractivity contribution in [1.82, 2.24) is 10.0 Å². The fourth-order valence-corrected chi connectivity index (χ4v) is 4.55. The van der Waals surface area contributed by atoms with Gasteiger partial charge >= 0.3 is 0 Å². The summed E-state index contributed by atoms with van der Waals surface area (Å²) in [4.78, 5) is -0.233. The molecule has 0 aromatic heterocycles. The van der Waals surface area contributed by atoms with Crippen LogP contribution in [0.2, 0.25) is 0 Å². The second-order valence-electron chi connectivity index (χ2n) is 6.54. The maximum atomic E-state index is 14.2. The Balaban J connectivity index is 0.00000338. The second kappa shape index (κ2) is 8.83. The van der Waals surface area contributed by atoms with E-state index in [1.54, 1.807) is 0 Å². The van der Waals surface area contributed by atoms with Crippen LogP contribution in [0.15, 0.2) is 23.1 Å². The number of halogens is 2. The van der Waals surface area contributed by atoms with Crippen molar-refractivity contribution in [2.24, 2.45) is 0 Å². The zero-order valence-electron chi connectivity index (χ0n) is 14.8. The molecule has 11 heteroatoms. The molecule has 26 heavy (non-hydrogen) atoms. The summed E-state index contributed by atoms with van der Waals surface area (Å²) >= 11 is 0. The number of benzene rings is 1. The highest BCUT2D eigenvalue weighted by atomic mass is 35.5. The minimum Gasteiger partial charge on any atom is -0.314 e. The van der Waals surface area contributed by atoms with Crippen LogP contribution < -0.4 is 14.8 Å². The van der Waals surface area contributed by atoms with Gasteiger partial charge in [-0.3, -0.25) is 4.72 Å². The van der Waals surface area contributed by atoms with Crippen LogP contribution in [-0.4, -0.2) is 40.7 Å². The van der Waals surface area contributed by atoms with Gasteiger partial charge in [0.1, 0.15) is 5.82 Å². The lowest BCUT2D eigenvalue weighted by molar-refractivity contribution is 0.361. The minimum absolute atomic E-state index is 0. The average molecular weight is 430 g/mol. The zero-order chi connectivity index (χ0) is 18.8. The number of anilines is 1. The molecule has 0 spiro atoms. The summed E-state index contributed by atoms with van der Waals surface area (Å²) in [5, 5.41) is 2.49. The highest BCUT2D eigenvalue weighted by Gasteiger charge is 2.25. The van der Waals surface area contributed by atoms with Gasteiger partial charge in [0.05, 0.1) is 15.8 Å². The van der Waals surface area contributed by atoms with Gasteiger partial charge in [0.25, 0.3) is 0 Å². The molecular weight excluding hydrogens is 405 g/mol. The molecule has 2 atom stereocenters. The predicted molar refractivity (Wildman–Crippen MR) is 102 cm³/mol. The van der Waals surface area contributed by atoms with Gasteiger partial charge in [-0.05, 0) is 58.4 Å².